The highest BCUT2D eigenvalue weighted by Gasteiger charge is 2.22. The summed E-state index contributed by atoms with van der Waals surface area (Å²) in [5.41, 5.74) is 1.38. The van der Waals surface area contributed by atoms with E-state index in [1.807, 2.05) is 6.26 Å². The number of nitrogens with one attached hydrogen (secondary N) is 1. The molecule has 2 heterocycles. The van der Waals surface area contributed by atoms with E-state index >= 15 is 0 Å². The molecule has 0 bridgehead atoms. The molecule has 1 aromatic rings. The SMILES string of the molecule is CC1CCCCCN1Cc1ccoc1CNC1CC1. The quantitative estimate of drug-likeness (QED) is 0.882. The first-order valence-corrected chi connectivity index (χ1v) is 7.85. The smallest absolute Gasteiger partial charge is 0.122 e. The second-order valence-corrected chi connectivity index (χ2v) is 6.19. The third-order valence-electron chi connectivity index (χ3n) is 4.53. The fourth-order valence-electron chi connectivity index (χ4n) is 2.98. The highest BCUT2D eigenvalue weighted by Crippen LogP contribution is 2.23. The molecule has 1 aromatic heterocycles. The van der Waals surface area contributed by atoms with Gasteiger partial charge in [-0.25, -0.2) is 0 Å². The minimum Gasteiger partial charge on any atom is -0.468 e. The molecule has 1 saturated heterocycles. The lowest BCUT2D eigenvalue weighted by Gasteiger charge is -2.26. The predicted octanol–water partition coefficient (Wildman–Crippen LogP) is 3.30. The number of furan rings is 1. The number of rotatable bonds is 5. The van der Waals surface area contributed by atoms with Crippen molar-refractivity contribution in [1.82, 2.24) is 10.2 Å². The van der Waals surface area contributed by atoms with Gasteiger partial charge < -0.3 is 9.73 Å². The second-order valence-electron chi connectivity index (χ2n) is 6.19. The topological polar surface area (TPSA) is 28.4 Å². The number of hydrogen-bond donors (Lipinski definition) is 1. The van der Waals surface area contributed by atoms with Crippen molar-refractivity contribution in [1.29, 1.82) is 0 Å². The molecule has 0 amide bonds. The van der Waals surface area contributed by atoms with E-state index in [0.717, 1.165) is 24.9 Å². The predicted molar refractivity (Wildman–Crippen MR) is 76.9 cm³/mol. The molecule has 0 radical (unpaired) electrons. The van der Waals surface area contributed by atoms with E-state index in [1.54, 1.807) is 0 Å². The van der Waals surface area contributed by atoms with Gasteiger partial charge in [0.15, 0.2) is 0 Å². The van der Waals surface area contributed by atoms with Crippen molar-refractivity contribution in [3.8, 4) is 0 Å². The molecule has 0 spiro atoms. The summed E-state index contributed by atoms with van der Waals surface area (Å²) in [7, 11) is 0. The van der Waals surface area contributed by atoms with Gasteiger partial charge in [0.05, 0.1) is 12.8 Å². The van der Waals surface area contributed by atoms with Gasteiger partial charge >= 0.3 is 0 Å². The minimum atomic E-state index is 0.710. The van der Waals surface area contributed by atoms with Gasteiger partial charge in [0.2, 0.25) is 0 Å². The lowest BCUT2D eigenvalue weighted by molar-refractivity contribution is 0.203. The van der Waals surface area contributed by atoms with E-state index in [2.05, 4.69) is 23.2 Å². The lowest BCUT2D eigenvalue weighted by atomic mass is 10.1. The van der Waals surface area contributed by atoms with Gasteiger partial charge in [0.25, 0.3) is 0 Å². The molecule has 1 saturated carbocycles. The summed E-state index contributed by atoms with van der Waals surface area (Å²) in [6.45, 7) is 5.56. The molecule has 2 fully saturated rings. The highest BCUT2D eigenvalue weighted by molar-refractivity contribution is 5.17. The van der Waals surface area contributed by atoms with Crippen molar-refractivity contribution >= 4 is 0 Å². The Labute approximate surface area is 116 Å². The molecule has 1 N–H and O–H groups in total. The zero-order valence-electron chi connectivity index (χ0n) is 12.0. The normalized spacial score (nSPS) is 25.4. The Kier molecular flexibility index (Phi) is 4.24. The Morgan fingerprint density at radius 1 is 1.26 bits per heavy atom. The van der Waals surface area contributed by atoms with Crippen LogP contribution in [-0.2, 0) is 13.1 Å². The van der Waals surface area contributed by atoms with E-state index in [4.69, 9.17) is 4.42 Å². The van der Waals surface area contributed by atoms with Crippen LogP contribution in [0.4, 0.5) is 0 Å². The van der Waals surface area contributed by atoms with E-state index in [1.165, 1.54) is 50.6 Å². The molecule has 3 nitrogen and oxygen atoms in total. The van der Waals surface area contributed by atoms with E-state index in [9.17, 15) is 0 Å². The van der Waals surface area contributed by atoms with Crippen LogP contribution >= 0.6 is 0 Å². The molecule has 3 rings (SSSR count). The third kappa shape index (κ3) is 3.61. The maximum atomic E-state index is 5.66. The molecule has 19 heavy (non-hydrogen) atoms. The zero-order valence-corrected chi connectivity index (χ0v) is 12.0. The van der Waals surface area contributed by atoms with Gasteiger partial charge in [-0.3, -0.25) is 4.90 Å². The molecule has 1 aliphatic heterocycles. The fourth-order valence-corrected chi connectivity index (χ4v) is 2.98. The zero-order chi connectivity index (χ0) is 13.1. The van der Waals surface area contributed by atoms with Gasteiger partial charge in [-0.15, -0.1) is 0 Å². The largest absolute Gasteiger partial charge is 0.468 e. The Morgan fingerprint density at radius 3 is 3.00 bits per heavy atom. The van der Waals surface area contributed by atoms with Gasteiger partial charge in [0, 0.05) is 24.2 Å². The molecular formula is C16H26N2O. The average molecular weight is 262 g/mol. The number of likely N-dealkylation sites (tertiary alicyclic amines) is 1. The summed E-state index contributed by atoms with van der Waals surface area (Å²) >= 11 is 0. The second kappa shape index (κ2) is 6.10. The Balaban J connectivity index is 1.59. The Morgan fingerprint density at radius 2 is 2.16 bits per heavy atom. The number of hydrogen-bond acceptors (Lipinski definition) is 3. The van der Waals surface area contributed by atoms with Gasteiger partial charge in [-0.05, 0) is 45.2 Å². The maximum absolute atomic E-state index is 5.66. The first-order chi connectivity index (χ1) is 9.33. The van der Waals surface area contributed by atoms with Crippen LogP contribution in [0.3, 0.4) is 0 Å². The molecular weight excluding hydrogens is 236 g/mol. The summed E-state index contributed by atoms with van der Waals surface area (Å²) in [6.07, 6.45) is 9.98. The Hall–Kier alpha value is -0.800. The molecule has 3 heteroatoms. The molecule has 0 aromatic carbocycles. The molecule has 1 aliphatic carbocycles. The summed E-state index contributed by atoms with van der Waals surface area (Å²) in [5.74, 6) is 1.14. The van der Waals surface area contributed by atoms with Gasteiger partial charge in [-0.2, -0.15) is 0 Å². The summed E-state index contributed by atoms with van der Waals surface area (Å²) < 4.78 is 5.66. The van der Waals surface area contributed by atoms with E-state index in [0.29, 0.717) is 6.04 Å². The van der Waals surface area contributed by atoms with Crippen LogP contribution in [0.15, 0.2) is 16.7 Å². The van der Waals surface area contributed by atoms with Crippen molar-refractivity contribution in [3.63, 3.8) is 0 Å². The first-order valence-electron chi connectivity index (χ1n) is 7.85. The molecule has 106 valence electrons. The summed E-state index contributed by atoms with van der Waals surface area (Å²) in [4.78, 5) is 2.62. The van der Waals surface area contributed by atoms with Crippen LogP contribution in [0.2, 0.25) is 0 Å². The van der Waals surface area contributed by atoms with Crippen LogP contribution < -0.4 is 5.32 Å². The first kappa shape index (κ1) is 13.2. The van der Waals surface area contributed by atoms with Crippen molar-refractivity contribution in [2.75, 3.05) is 6.54 Å². The van der Waals surface area contributed by atoms with Crippen LogP contribution in [-0.4, -0.2) is 23.5 Å². The van der Waals surface area contributed by atoms with Crippen molar-refractivity contribution in [2.45, 2.75) is 70.6 Å². The van der Waals surface area contributed by atoms with Crippen LogP contribution in [0.1, 0.15) is 56.8 Å². The summed E-state index contributed by atoms with van der Waals surface area (Å²) in [5, 5.41) is 3.55. The van der Waals surface area contributed by atoms with Crippen LogP contribution in [0, 0.1) is 0 Å². The van der Waals surface area contributed by atoms with Gasteiger partial charge in [-0.1, -0.05) is 12.8 Å². The fraction of sp³-hybridized carbons (Fsp3) is 0.750. The minimum absolute atomic E-state index is 0.710. The molecule has 1 atom stereocenters. The lowest BCUT2D eigenvalue weighted by Crippen LogP contribution is -2.32. The van der Waals surface area contributed by atoms with E-state index in [-0.39, 0.29) is 0 Å². The molecule has 2 aliphatic rings. The highest BCUT2D eigenvalue weighted by atomic mass is 16.3. The van der Waals surface area contributed by atoms with Crippen molar-refractivity contribution in [2.24, 2.45) is 0 Å². The van der Waals surface area contributed by atoms with Crippen molar-refractivity contribution in [3.05, 3.63) is 23.7 Å². The third-order valence-corrected chi connectivity index (χ3v) is 4.53. The van der Waals surface area contributed by atoms with Gasteiger partial charge in [0.1, 0.15) is 5.76 Å². The van der Waals surface area contributed by atoms with E-state index < -0.39 is 0 Å². The van der Waals surface area contributed by atoms with Crippen LogP contribution in [0.5, 0.6) is 0 Å². The average Bonchev–Trinajstić information content (AvgIpc) is 3.16. The Bertz CT molecular complexity index is 397. The summed E-state index contributed by atoms with van der Waals surface area (Å²) in [6, 6.07) is 3.61. The monoisotopic (exact) mass is 262 g/mol. The molecule has 1 unspecified atom stereocenters. The van der Waals surface area contributed by atoms with Crippen molar-refractivity contribution < 1.29 is 4.42 Å². The standard InChI is InChI=1S/C16H26N2O/c1-13-5-3-2-4-9-18(13)12-14-8-10-19-16(14)11-17-15-6-7-15/h8,10,13,15,17H,2-7,9,11-12H2,1H3. The van der Waals surface area contributed by atoms with Crippen LogP contribution in [0.25, 0.3) is 0 Å². The maximum Gasteiger partial charge on any atom is 0.122 e. The number of nitrogens with zero attached hydrogens (tertiary/aromatic N) is 1.